The Bertz CT molecular complexity index is 8.75. The molecule has 0 aliphatic carbocycles. The molecule has 0 unspecified atom stereocenters. The molecule has 0 saturated carbocycles. The van der Waals surface area contributed by atoms with Crippen LogP contribution in [0.15, 0.2) is 0 Å². The van der Waals surface area contributed by atoms with Crippen LogP contribution in [0.25, 0.3) is 0 Å². The summed E-state index contributed by atoms with van der Waals surface area (Å²) >= 11 is 0. The van der Waals surface area contributed by atoms with Gasteiger partial charge >= 0.3 is 34.7 Å². The topological polar surface area (TPSA) is 120 Å². The van der Waals surface area contributed by atoms with Crippen molar-refractivity contribution in [2.45, 2.75) is 0 Å². The quantitative estimate of drug-likeness (QED) is 0.530. The summed E-state index contributed by atoms with van der Waals surface area (Å²) in [5.41, 5.74) is 0. The van der Waals surface area contributed by atoms with E-state index in [1.165, 1.54) is 0 Å². The first-order valence-corrected chi connectivity index (χ1v) is 0. The van der Waals surface area contributed by atoms with E-state index >= 15 is 0 Å². The molecule has 3 N–H and O–H groups in total. The van der Waals surface area contributed by atoms with Crippen molar-refractivity contribution in [3.05, 3.63) is 0 Å². The second kappa shape index (κ2) is 173. The molecule has 0 spiro atoms. The van der Waals surface area contributed by atoms with E-state index in [0.29, 0.717) is 0 Å². The van der Waals surface area contributed by atoms with E-state index in [2.05, 4.69) is 0 Å². The summed E-state index contributed by atoms with van der Waals surface area (Å²) in [6, 6.07) is 0. The summed E-state index contributed by atoms with van der Waals surface area (Å²) in [6.45, 7) is 0. The maximum atomic E-state index is 0. The van der Waals surface area contributed by atoms with Gasteiger partial charge < -0.3 is 22.6 Å². The molecule has 0 fully saturated rings. The summed E-state index contributed by atoms with van der Waals surface area (Å²) in [6.07, 6.45) is 0. The van der Waals surface area contributed by atoms with Gasteiger partial charge in [-0.2, -0.15) is 0 Å². The molecule has 2 radical (unpaired) electrons. The zero-order chi connectivity index (χ0) is 0. The summed E-state index contributed by atoms with van der Waals surface area (Å²) in [7, 11) is 0. The molecule has 0 rings (SSSR count). The third-order valence-electron chi connectivity index (χ3n) is 0. The Morgan fingerprint density at radius 1 is 0.500 bits per heavy atom. The predicted molar refractivity (Wildman–Crippen MR) is 7.08 cm³/mol. The van der Waals surface area contributed by atoms with Gasteiger partial charge in [0.15, 0.2) is 0 Å². The van der Waals surface area contributed by atoms with Gasteiger partial charge in [-0.05, 0) is 0 Å². The Balaban J connectivity index is 0. The van der Waals surface area contributed by atoms with Crippen molar-refractivity contribution in [1.29, 1.82) is 0 Å². The molecule has 0 atom stereocenters. The SMILES string of the molecule is N.[Cr+3].[Cr+3].[O-2].[O-2].[O-2]. The van der Waals surface area contributed by atoms with Crippen LogP contribution < -0.4 is 6.15 Å². The fourth-order valence-electron chi connectivity index (χ4n) is 0. The smallest absolute Gasteiger partial charge is 2.00 e. The third-order valence-corrected chi connectivity index (χ3v) is 0. The van der Waals surface area contributed by atoms with Crippen LogP contribution in [0.4, 0.5) is 0 Å². The maximum Gasteiger partial charge on any atom is 3.00 e. The van der Waals surface area contributed by atoms with Crippen molar-refractivity contribution in [1.82, 2.24) is 6.15 Å². The molecule has 0 bridgehead atoms. The Hall–Kier alpha value is 0.905. The van der Waals surface area contributed by atoms with Gasteiger partial charge in [-0.3, -0.25) is 0 Å². The van der Waals surface area contributed by atoms with Crippen molar-refractivity contribution >= 4 is 0 Å². The molecule has 6 heteroatoms. The van der Waals surface area contributed by atoms with Crippen molar-refractivity contribution in [2.75, 3.05) is 0 Å². The van der Waals surface area contributed by atoms with Crippen LogP contribution in [-0.4, -0.2) is 0 Å². The van der Waals surface area contributed by atoms with Crippen molar-refractivity contribution in [3.8, 4) is 0 Å². The molecule has 4 nitrogen and oxygen atoms in total. The van der Waals surface area contributed by atoms with Crippen LogP contribution in [0.3, 0.4) is 0 Å². The van der Waals surface area contributed by atoms with Crippen LogP contribution in [-0.2, 0) is 51.2 Å². The molecular formula is H3Cr2NO3. The average Bonchev–Trinajstić information content (AvgIpc) is 0. The second-order valence-electron chi connectivity index (χ2n) is 0. The molecule has 0 aliphatic heterocycles. The number of rotatable bonds is 0. The van der Waals surface area contributed by atoms with Crippen molar-refractivity contribution in [3.63, 3.8) is 0 Å². The van der Waals surface area contributed by atoms with Gasteiger partial charge in [0, 0.05) is 0 Å². The average molecular weight is 169 g/mol. The molecule has 0 amide bonds. The zero-order valence-electron chi connectivity index (χ0n) is 2.75. The molecule has 0 aromatic carbocycles. The van der Waals surface area contributed by atoms with Gasteiger partial charge in [0.2, 0.25) is 0 Å². The minimum Gasteiger partial charge on any atom is -2.00 e. The minimum atomic E-state index is 0. The molecule has 0 saturated heterocycles. The summed E-state index contributed by atoms with van der Waals surface area (Å²) in [4.78, 5) is 0. The Morgan fingerprint density at radius 3 is 0.500 bits per heavy atom. The first-order valence-electron chi connectivity index (χ1n) is 0. The van der Waals surface area contributed by atoms with E-state index in [1.807, 2.05) is 0 Å². The number of hydrogen-bond acceptors (Lipinski definition) is 1. The van der Waals surface area contributed by atoms with Gasteiger partial charge in [0.1, 0.15) is 0 Å². The molecule has 0 heterocycles. The molecule has 0 aromatic rings. The number of hydrogen-bond donors (Lipinski definition) is 1. The minimum absolute atomic E-state index is 0. The van der Waals surface area contributed by atoms with Crippen LogP contribution >= 0.6 is 0 Å². The summed E-state index contributed by atoms with van der Waals surface area (Å²) < 4.78 is 0. The van der Waals surface area contributed by atoms with Gasteiger partial charge in [-0.1, -0.05) is 0 Å². The molecule has 0 aliphatic rings. The monoisotopic (exact) mass is 169 g/mol. The molecule has 38 valence electrons. The maximum absolute atomic E-state index is 0. The van der Waals surface area contributed by atoms with E-state index in [4.69, 9.17) is 0 Å². The Kier molecular flexibility index (Phi) is 8500. The zero-order valence-corrected chi connectivity index (χ0v) is 5.30. The van der Waals surface area contributed by atoms with E-state index in [0.717, 1.165) is 0 Å². The van der Waals surface area contributed by atoms with E-state index in [1.54, 1.807) is 0 Å². The molecule has 0 aromatic heterocycles. The first kappa shape index (κ1) is 294. The van der Waals surface area contributed by atoms with Gasteiger partial charge in [-0.15, -0.1) is 0 Å². The van der Waals surface area contributed by atoms with Crippen LogP contribution in [0, 0.1) is 0 Å². The van der Waals surface area contributed by atoms with Crippen molar-refractivity contribution in [2.24, 2.45) is 0 Å². The van der Waals surface area contributed by atoms with Crippen LogP contribution in [0.2, 0.25) is 0 Å². The summed E-state index contributed by atoms with van der Waals surface area (Å²) in [5.74, 6) is 0. The van der Waals surface area contributed by atoms with E-state index < -0.39 is 0 Å². The Labute approximate surface area is 57.7 Å². The van der Waals surface area contributed by atoms with Gasteiger partial charge in [-0.25, -0.2) is 0 Å². The van der Waals surface area contributed by atoms with Gasteiger partial charge in [0.05, 0.1) is 0 Å². The molecule has 6 heavy (non-hydrogen) atoms. The predicted octanol–water partition coefficient (Wildman–Crippen LogP) is -0.199. The third kappa shape index (κ3) is 91.3. The van der Waals surface area contributed by atoms with Crippen molar-refractivity contribution < 1.29 is 51.2 Å². The van der Waals surface area contributed by atoms with E-state index in [-0.39, 0.29) is 57.3 Å². The Morgan fingerprint density at radius 2 is 0.500 bits per heavy atom. The van der Waals surface area contributed by atoms with Gasteiger partial charge in [0.25, 0.3) is 0 Å². The fraction of sp³-hybridized carbons (Fsp3) is 0. The van der Waals surface area contributed by atoms with Crippen LogP contribution in [0.5, 0.6) is 0 Å². The fourth-order valence-corrected chi connectivity index (χ4v) is 0. The largest absolute Gasteiger partial charge is 3.00 e. The van der Waals surface area contributed by atoms with E-state index in [9.17, 15) is 0 Å². The second-order valence-corrected chi connectivity index (χ2v) is 0. The molecular weight excluding hydrogens is 166 g/mol. The first-order chi connectivity index (χ1) is 0. The normalized spacial score (nSPS) is 0. The van der Waals surface area contributed by atoms with Crippen LogP contribution in [0.1, 0.15) is 0 Å². The standard InChI is InChI=1S/2Cr.H3N.3O/h;;1H3;;;/q2*+3;;3*-2. The summed E-state index contributed by atoms with van der Waals surface area (Å²) in [5, 5.41) is 0.